The molecule has 6 aromatic rings. The Labute approximate surface area is 408 Å². The van der Waals surface area contributed by atoms with Crippen molar-refractivity contribution in [2.24, 2.45) is 0 Å². The molecule has 6 aromatic carbocycles. The van der Waals surface area contributed by atoms with E-state index < -0.39 is 25.9 Å². The van der Waals surface area contributed by atoms with Crippen molar-refractivity contribution in [2.75, 3.05) is 0 Å². The van der Waals surface area contributed by atoms with Gasteiger partial charge in [0.2, 0.25) is 0 Å². The zero-order valence-corrected chi connectivity index (χ0v) is 47.1. The molecular formula is C62H71Cl2SiZr. The predicted octanol–water partition coefficient (Wildman–Crippen LogP) is 16.5. The van der Waals surface area contributed by atoms with Gasteiger partial charge in [-0.1, -0.05) is 0 Å². The Morgan fingerprint density at radius 3 is 1.36 bits per heavy atom. The molecule has 2 aliphatic carbocycles. The van der Waals surface area contributed by atoms with Crippen LogP contribution in [0, 0.1) is 0 Å². The molecule has 2 atom stereocenters. The van der Waals surface area contributed by atoms with Crippen molar-refractivity contribution in [2.45, 2.75) is 140 Å². The third kappa shape index (κ3) is 7.81. The Kier molecular flexibility index (Phi) is 13.0. The molecule has 0 bridgehead atoms. The summed E-state index contributed by atoms with van der Waals surface area (Å²) in [6, 6.07) is 40.8. The number of benzene rings is 6. The van der Waals surface area contributed by atoms with Crippen LogP contribution in [0.2, 0.25) is 0 Å². The molecule has 0 amide bonds. The van der Waals surface area contributed by atoms with Crippen LogP contribution in [-0.4, -0.2) is 9.52 Å². The molecule has 0 radical (unpaired) electrons. The van der Waals surface area contributed by atoms with Crippen LogP contribution in [0.15, 0.2) is 114 Å². The predicted molar refractivity (Wildman–Crippen MR) is 292 cm³/mol. The van der Waals surface area contributed by atoms with Gasteiger partial charge in [0.15, 0.2) is 0 Å². The summed E-state index contributed by atoms with van der Waals surface area (Å²) in [7, 11) is 17.9. The first-order valence-electron chi connectivity index (χ1n) is 25.2. The van der Waals surface area contributed by atoms with Gasteiger partial charge in [0.25, 0.3) is 0 Å². The van der Waals surface area contributed by atoms with Gasteiger partial charge in [-0.2, -0.15) is 0 Å². The topological polar surface area (TPSA) is 0 Å². The van der Waals surface area contributed by atoms with Crippen LogP contribution < -0.4 is 13.6 Å². The number of allylic oxidation sites excluding steroid dienone is 2. The molecule has 3 aliphatic rings. The van der Waals surface area contributed by atoms with Gasteiger partial charge < -0.3 is 0 Å². The molecule has 9 rings (SSSR count). The third-order valence-electron chi connectivity index (χ3n) is 15.7. The number of fused-ring (bicyclic) bond motifs is 5. The standard InChI is InChI=1S/2C25H31.C12H9Si.2ClH.Zr/c2*1-7-8-19-9-10-20-11-18(6)12-24(20)25(19)23-14-21(16(2)3)13-22(15-23)17(4)5;1-3-7-11-9(5-1)10-6-2-4-8-12(10)13-11;;;/h2*9-17H,7-8H2,1-6H3;1-7H,13H2;2*1H;/q;;;;;+2/p-2. The maximum absolute atomic E-state index is 9.39. The summed E-state index contributed by atoms with van der Waals surface area (Å²) in [5, 5.41) is 2.97. The normalized spacial score (nSPS) is 17.3. The molecule has 0 saturated heterocycles. The molecule has 0 fully saturated rings. The van der Waals surface area contributed by atoms with Crippen LogP contribution in [0.4, 0.5) is 0 Å². The summed E-state index contributed by atoms with van der Waals surface area (Å²) in [5.74, 6) is 1.70. The van der Waals surface area contributed by atoms with Gasteiger partial charge in [-0.25, -0.2) is 0 Å². The minimum atomic E-state index is -5.65. The first-order valence-corrected chi connectivity index (χ1v) is 37.0. The van der Waals surface area contributed by atoms with E-state index in [1.807, 2.05) is 0 Å². The fraction of sp³-hybridized carbons (Fsp3) is 0.355. The van der Waals surface area contributed by atoms with E-state index in [0.717, 1.165) is 25.7 Å². The second-order valence-corrected chi connectivity index (χ2v) is 44.0. The molecule has 2 unspecified atom stereocenters. The Bertz CT molecular complexity index is 2760. The van der Waals surface area contributed by atoms with Crippen LogP contribution in [0.3, 0.4) is 0 Å². The summed E-state index contributed by atoms with van der Waals surface area (Å²) < 4.78 is 1.06. The summed E-state index contributed by atoms with van der Waals surface area (Å²) in [6.45, 7) is 28.0. The van der Waals surface area contributed by atoms with Gasteiger partial charge >= 0.3 is 412 Å². The second kappa shape index (κ2) is 18.1. The van der Waals surface area contributed by atoms with E-state index in [1.54, 1.807) is 0 Å². The summed E-state index contributed by atoms with van der Waals surface area (Å²) in [4.78, 5) is 0. The molecule has 4 heteroatoms. The van der Waals surface area contributed by atoms with Gasteiger partial charge in [0.1, 0.15) is 0 Å². The first-order chi connectivity index (χ1) is 31.5. The van der Waals surface area contributed by atoms with Crippen LogP contribution in [0.25, 0.3) is 45.5 Å². The zero-order valence-electron chi connectivity index (χ0n) is 41.7. The van der Waals surface area contributed by atoms with E-state index in [-0.39, 0.29) is 7.25 Å². The van der Waals surface area contributed by atoms with E-state index in [9.17, 15) is 17.0 Å². The molecular weight excluding hydrogens is 935 g/mol. The zero-order chi connectivity index (χ0) is 47.0. The van der Waals surface area contributed by atoms with E-state index >= 15 is 0 Å². The third-order valence-corrected chi connectivity index (χ3v) is 38.9. The van der Waals surface area contributed by atoms with Crippen molar-refractivity contribution in [3.05, 3.63) is 170 Å². The second-order valence-electron chi connectivity index (χ2n) is 21.6. The molecule has 0 nitrogen and oxygen atoms in total. The molecule has 0 saturated carbocycles. The number of halogens is 2. The quantitative estimate of drug-likeness (QED) is 0.101. The van der Waals surface area contributed by atoms with Crippen LogP contribution in [0.1, 0.15) is 182 Å². The fourth-order valence-electron chi connectivity index (χ4n) is 12.4. The molecule has 341 valence electrons. The number of hydrogen-bond acceptors (Lipinski definition) is 0. The van der Waals surface area contributed by atoms with Crippen molar-refractivity contribution < 1.29 is 16.4 Å². The Balaban J connectivity index is 1.35. The Morgan fingerprint density at radius 1 is 0.515 bits per heavy atom. The number of aryl methyl sites for hydroxylation is 2. The van der Waals surface area contributed by atoms with Gasteiger partial charge in [-0.05, 0) is 0 Å². The first kappa shape index (κ1) is 47.5. The number of rotatable bonds is 13. The molecule has 0 aromatic heterocycles. The van der Waals surface area contributed by atoms with E-state index in [4.69, 9.17) is 0 Å². The SMILES string of the molecule is CCCc1ccc2c(c1-c1cc(C(C)C)cc(C(C)C)c1)C=C(C)[CH]2[Zr]([Cl])([Cl])([c]1cccc2c1[SiH2]c1ccccc1-2)[CH]1C(C)=Cc2c1ccc(CCC)c2-c1cc(C(C)C)cc(C(C)C)c1. The molecule has 0 spiro atoms. The van der Waals surface area contributed by atoms with Crippen molar-refractivity contribution in [3.8, 4) is 33.4 Å². The van der Waals surface area contributed by atoms with Crippen LogP contribution in [0.5, 0.6) is 0 Å². The van der Waals surface area contributed by atoms with Crippen molar-refractivity contribution in [3.63, 3.8) is 0 Å². The van der Waals surface area contributed by atoms with Crippen molar-refractivity contribution in [1.82, 2.24) is 0 Å². The van der Waals surface area contributed by atoms with Crippen molar-refractivity contribution in [1.29, 1.82) is 0 Å². The monoisotopic (exact) mass is 1000 g/mol. The average molecular weight is 1010 g/mol. The maximum atomic E-state index is 9.39. The molecule has 1 heterocycles. The molecule has 66 heavy (non-hydrogen) atoms. The van der Waals surface area contributed by atoms with Gasteiger partial charge in [-0.15, -0.1) is 0 Å². The van der Waals surface area contributed by atoms with E-state index in [2.05, 4.69) is 198 Å². The summed E-state index contributed by atoms with van der Waals surface area (Å²) >= 11 is -5.65. The average Bonchev–Trinajstić information content (AvgIpc) is 3.96. The van der Waals surface area contributed by atoms with Gasteiger partial charge in [0, 0.05) is 0 Å². The molecule has 0 N–H and O–H groups in total. The minimum absolute atomic E-state index is 0.115. The van der Waals surface area contributed by atoms with Crippen LogP contribution >= 0.6 is 17.0 Å². The van der Waals surface area contributed by atoms with Gasteiger partial charge in [0.05, 0.1) is 0 Å². The summed E-state index contributed by atoms with van der Waals surface area (Å²) in [5.41, 5.74) is 24.5. The van der Waals surface area contributed by atoms with Crippen LogP contribution in [-0.2, 0) is 29.2 Å². The Hall–Kier alpha value is -3.52. The Morgan fingerprint density at radius 2 is 0.939 bits per heavy atom. The number of hydrogen-bond donors (Lipinski definition) is 0. The van der Waals surface area contributed by atoms with Gasteiger partial charge in [-0.3, -0.25) is 0 Å². The van der Waals surface area contributed by atoms with Crippen molar-refractivity contribution >= 4 is 52.3 Å². The van der Waals surface area contributed by atoms with E-state index in [0.29, 0.717) is 23.7 Å². The summed E-state index contributed by atoms with van der Waals surface area (Å²) in [6.07, 6.45) is 9.25. The molecule has 1 aliphatic heterocycles. The van der Waals surface area contributed by atoms with E-state index in [1.165, 1.54) is 114 Å². The fourth-order valence-corrected chi connectivity index (χ4v) is 41.2.